The predicted molar refractivity (Wildman–Crippen MR) is 45.5 cm³/mol. The first-order valence-electron chi connectivity index (χ1n) is 3.46. The lowest BCUT2D eigenvalue weighted by Gasteiger charge is -2.00. The summed E-state index contributed by atoms with van der Waals surface area (Å²) in [5.74, 6) is -3.11. The molecule has 0 bridgehead atoms. The van der Waals surface area contributed by atoms with Gasteiger partial charge in [0.2, 0.25) is 0 Å². The first-order chi connectivity index (χ1) is 6.54. The van der Waals surface area contributed by atoms with Crippen LogP contribution in [-0.2, 0) is 10.8 Å². The molecule has 4 nitrogen and oxygen atoms in total. The van der Waals surface area contributed by atoms with Crippen LogP contribution in [0.4, 0.5) is 14.5 Å². The molecule has 0 heterocycles. The van der Waals surface area contributed by atoms with Crippen molar-refractivity contribution in [3.63, 3.8) is 0 Å². The summed E-state index contributed by atoms with van der Waals surface area (Å²) < 4.78 is 35.0. The lowest BCUT2D eigenvalue weighted by molar-refractivity contribution is -0.387. The Hall–Kier alpha value is -1.37. The van der Waals surface area contributed by atoms with Gasteiger partial charge >= 0.3 is 5.76 Å². The Morgan fingerprint density at radius 3 is 2.43 bits per heavy atom. The van der Waals surface area contributed by atoms with Gasteiger partial charge in [-0.25, -0.2) is 4.21 Å². The van der Waals surface area contributed by atoms with Crippen LogP contribution in [0.1, 0.15) is 0 Å². The molecule has 0 fully saturated rings. The fraction of sp³-hybridized carbons (Fsp3) is 0.143. The van der Waals surface area contributed by atoms with Gasteiger partial charge in [-0.3, -0.25) is 10.1 Å². The highest BCUT2D eigenvalue weighted by atomic mass is 32.2. The van der Waals surface area contributed by atoms with Crippen LogP contribution in [0.3, 0.4) is 0 Å². The van der Waals surface area contributed by atoms with E-state index in [0.29, 0.717) is 0 Å². The van der Waals surface area contributed by atoms with Crippen molar-refractivity contribution in [1.82, 2.24) is 0 Å². The molecule has 0 radical (unpaired) electrons. The van der Waals surface area contributed by atoms with E-state index in [1.54, 1.807) is 0 Å². The summed E-state index contributed by atoms with van der Waals surface area (Å²) in [4.78, 5) is 9.09. The smallest absolute Gasteiger partial charge is 0.258 e. The second-order valence-corrected chi connectivity index (χ2v) is 3.67. The second-order valence-electron chi connectivity index (χ2n) is 2.28. The Balaban J connectivity index is 3.20. The average molecular weight is 221 g/mol. The zero-order valence-electron chi connectivity index (χ0n) is 6.72. The molecular formula is C7H5F2NO3S. The van der Waals surface area contributed by atoms with Crippen molar-refractivity contribution in [3.8, 4) is 0 Å². The number of nitro benzene ring substituents is 1. The molecule has 0 aromatic heterocycles. The summed E-state index contributed by atoms with van der Waals surface area (Å²) in [6.45, 7) is 0. The van der Waals surface area contributed by atoms with Gasteiger partial charge < -0.3 is 0 Å². The summed E-state index contributed by atoms with van der Waals surface area (Å²) in [5.41, 5.74) is -0.550. The van der Waals surface area contributed by atoms with E-state index in [1.165, 1.54) is 12.1 Å². The Bertz CT molecular complexity index is 383. The number of nitro groups is 1. The maximum absolute atomic E-state index is 12.0. The molecule has 76 valence electrons. The Morgan fingerprint density at radius 1 is 1.36 bits per heavy atom. The molecular weight excluding hydrogens is 216 g/mol. The fourth-order valence-electron chi connectivity index (χ4n) is 0.874. The molecule has 0 amide bonds. The van der Waals surface area contributed by atoms with Gasteiger partial charge in [-0.05, 0) is 6.07 Å². The van der Waals surface area contributed by atoms with Crippen molar-refractivity contribution < 1.29 is 17.9 Å². The van der Waals surface area contributed by atoms with E-state index < -0.39 is 32.1 Å². The number of alkyl halides is 2. The minimum atomic E-state index is -3.11. The lowest BCUT2D eigenvalue weighted by atomic mass is 10.3. The number of benzene rings is 1. The molecule has 1 aromatic rings. The van der Waals surface area contributed by atoms with E-state index in [-0.39, 0.29) is 0 Å². The molecule has 1 atom stereocenters. The van der Waals surface area contributed by atoms with Gasteiger partial charge in [0.1, 0.15) is 15.7 Å². The maximum Gasteiger partial charge on any atom is 0.316 e. The number of halogens is 2. The molecule has 0 saturated heterocycles. The molecule has 0 aliphatic rings. The molecule has 0 spiro atoms. The van der Waals surface area contributed by atoms with Crippen molar-refractivity contribution in [3.05, 3.63) is 34.4 Å². The molecule has 0 N–H and O–H groups in total. The van der Waals surface area contributed by atoms with Gasteiger partial charge in [0.25, 0.3) is 5.69 Å². The Labute approximate surface area is 80.2 Å². The van der Waals surface area contributed by atoms with Crippen LogP contribution in [0.25, 0.3) is 0 Å². The number of hydrogen-bond donors (Lipinski definition) is 0. The third-order valence-electron chi connectivity index (χ3n) is 1.44. The molecule has 1 rings (SSSR count). The first-order valence-corrected chi connectivity index (χ1v) is 4.67. The minimum Gasteiger partial charge on any atom is -0.258 e. The maximum atomic E-state index is 12.0. The van der Waals surface area contributed by atoms with Crippen molar-refractivity contribution in [2.75, 3.05) is 0 Å². The third kappa shape index (κ3) is 2.11. The standard InChI is InChI=1S/C7H5F2NO3S/c8-7(9)14(13)6-4-2-1-3-5(6)10(11)12/h1-4,7H. The highest BCUT2D eigenvalue weighted by molar-refractivity contribution is 7.85. The SMILES string of the molecule is O=[N+]([O-])c1ccccc1S(=O)C(F)F. The van der Waals surface area contributed by atoms with Crippen LogP contribution in [0.2, 0.25) is 0 Å². The largest absolute Gasteiger partial charge is 0.316 e. The van der Waals surface area contributed by atoms with Crippen LogP contribution >= 0.6 is 0 Å². The molecule has 14 heavy (non-hydrogen) atoms. The van der Waals surface area contributed by atoms with Gasteiger partial charge in [-0.2, -0.15) is 8.78 Å². The summed E-state index contributed by atoms with van der Waals surface area (Å²) in [7, 11) is -2.64. The minimum absolute atomic E-state index is 0.451. The molecule has 0 saturated carbocycles. The fourth-order valence-corrected chi connectivity index (χ4v) is 1.63. The zero-order valence-corrected chi connectivity index (χ0v) is 7.54. The van der Waals surface area contributed by atoms with Gasteiger partial charge in [0.15, 0.2) is 0 Å². The predicted octanol–water partition coefficient (Wildman–Crippen LogP) is 1.93. The van der Waals surface area contributed by atoms with Crippen molar-refractivity contribution in [1.29, 1.82) is 0 Å². The van der Waals surface area contributed by atoms with Crippen molar-refractivity contribution >= 4 is 16.5 Å². The van der Waals surface area contributed by atoms with Crippen LogP contribution in [-0.4, -0.2) is 14.9 Å². The summed E-state index contributed by atoms with van der Waals surface area (Å²) in [6, 6.07) is 4.74. The van der Waals surface area contributed by atoms with Crippen molar-refractivity contribution in [2.45, 2.75) is 10.7 Å². The van der Waals surface area contributed by atoms with Gasteiger partial charge in [0, 0.05) is 6.07 Å². The van der Waals surface area contributed by atoms with E-state index in [4.69, 9.17) is 0 Å². The normalized spacial score (nSPS) is 12.8. The molecule has 0 aliphatic heterocycles. The van der Waals surface area contributed by atoms with E-state index in [2.05, 4.69) is 0 Å². The molecule has 0 aliphatic carbocycles. The highest BCUT2D eigenvalue weighted by Gasteiger charge is 2.24. The molecule has 1 unspecified atom stereocenters. The van der Waals surface area contributed by atoms with E-state index in [1.807, 2.05) is 0 Å². The van der Waals surface area contributed by atoms with Crippen LogP contribution in [0.5, 0.6) is 0 Å². The van der Waals surface area contributed by atoms with Gasteiger partial charge in [0.05, 0.1) is 4.92 Å². The summed E-state index contributed by atoms with van der Waals surface area (Å²) in [6.07, 6.45) is 0. The Kier molecular flexibility index (Phi) is 3.23. The molecule has 1 aromatic carbocycles. The number of para-hydroxylation sites is 1. The van der Waals surface area contributed by atoms with E-state index >= 15 is 0 Å². The summed E-state index contributed by atoms with van der Waals surface area (Å²) >= 11 is 0. The van der Waals surface area contributed by atoms with Gasteiger partial charge in [-0.1, -0.05) is 12.1 Å². The number of hydrogen-bond acceptors (Lipinski definition) is 3. The van der Waals surface area contributed by atoms with Crippen LogP contribution in [0, 0.1) is 10.1 Å². The Morgan fingerprint density at radius 2 is 1.93 bits per heavy atom. The topological polar surface area (TPSA) is 60.2 Å². The molecule has 7 heteroatoms. The van der Waals surface area contributed by atoms with E-state index in [0.717, 1.165) is 12.1 Å². The third-order valence-corrected chi connectivity index (χ3v) is 2.54. The van der Waals surface area contributed by atoms with E-state index in [9.17, 15) is 23.1 Å². The van der Waals surface area contributed by atoms with Crippen LogP contribution < -0.4 is 0 Å². The zero-order chi connectivity index (χ0) is 10.7. The number of rotatable bonds is 3. The van der Waals surface area contributed by atoms with Gasteiger partial charge in [-0.15, -0.1) is 0 Å². The van der Waals surface area contributed by atoms with Crippen LogP contribution in [0.15, 0.2) is 29.2 Å². The monoisotopic (exact) mass is 221 g/mol. The first kappa shape index (κ1) is 10.7. The lowest BCUT2D eigenvalue weighted by Crippen LogP contribution is -2.05. The second kappa shape index (κ2) is 4.23. The quantitative estimate of drug-likeness (QED) is 0.578. The highest BCUT2D eigenvalue weighted by Crippen LogP contribution is 2.24. The van der Waals surface area contributed by atoms with Crippen molar-refractivity contribution in [2.24, 2.45) is 0 Å². The summed E-state index contributed by atoms with van der Waals surface area (Å²) in [5, 5.41) is 10.4. The number of nitrogens with zero attached hydrogens (tertiary/aromatic N) is 1. The average Bonchev–Trinajstić information content (AvgIpc) is 2.16.